The van der Waals surface area contributed by atoms with Crippen molar-refractivity contribution in [2.75, 3.05) is 38.0 Å². The standard InChI is InChI=1S/C22H29N5O3/c1-15-18(19(29)25-21(23-15)22(2,3)4)20(30)27-12-10-26(11-13-27)14-17(28)24-16-8-6-5-7-9-16/h5-9H,10-14H2,1-4H3,(H,24,28)(H,23,25,29). The number of benzene rings is 1. The predicted molar refractivity (Wildman–Crippen MR) is 116 cm³/mol. The fourth-order valence-corrected chi connectivity index (χ4v) is 3.39. The third-order valence-corrected chi connectivity index (χ3v) is 5.11. The second kappa shape index (κ2) is 8.79. The van der Waals surface area contributed by atoms with Crippen molar-refractivity contribution in [3.8, 4) is 0 Å². The molecule has 0 aliphatic carbocycles. The molecule has 0 spiro atoms. The summed E-state index contributed by atoms with van der Waals surface area (Å²) in [7, 11) is 0. The number of nitrogens with zero attached hydrogens (tertiary/aromatic N) is 3. The van der Waals surface area contributed by atoms with Crippen LogP contribution in [0.1, 0.15) is 42.6 Å². The van der Waals surface area contributed by atoms with Gasteiger partial charge in [0, 0.05) is 37.3 Å². The van der Waals surface area contributed by atoms with Gasteiger partial charge in [-0.15, -0.1) is 0 Å². The number of hydrogen-bond donors (Lipinski definition) is 2. The first-order valence-corrected chi connectivity index (χ1v) is 10.1. The molecule has 1 aliphatic rings. The first-order valence-electron chi connectivity index (χ1n) is 10.1. The molecule has 0 saturated carbocycles. The molecule has 8 heteroatoms. The largest absolute Gasteiger partial charge is 0.336 e. The summed E-state index contributed by atoms with van der Waals surface area (Å²) >= 11 is 0. The van der Waals surface area contributed by atoms with E-state index in [1.165, 1.54) is 0 Å². The van der Waals surface area contributed by atoms with Gasteiger partial charge in [-0.05, 0) is 19.1 Å². The molecule has 3 rings (SSSR count). The lowest BCUT2D eigenvalue weighted by Crippen LogP contribution is -2.51. The molecule has 8 nitrogen and oxygen atoms in total. The highest BCUT2D eigenvalue weighted by atomic mass is 16.2. The molecular weight excluding hydrogens is 382 g/mol. The fourth-order valence-electron chi connectivity index (χ4n) is 3.39. The Bertz CT molecular complexity index is 971. The van der Waals surface area contributed by atoms with Gasteiger partial charge in [0.05, 0.1) is 12.2 Å². The van der Waals surface area contributed by atoms with E-state index < -0.39 is 5.56 Å². The summed E-state index contributed by atoms with van der Waals surface area (Å²) in [6.45, 7) is 9.88. The molecule has 2 aromatic rings. The number of carbonyl (C=O) groups excluding carboxylic acids is 2. The van der Waals surface area contributed by atoms with E-state index in [1.807, 2.05) is 56.0 Å². The van der Waals surface area contributed by atoms with Crippen LogP contribution in [0, 0.1) is 6.92 Å². The van der Waals surface area contributed by atoms with Gasteiger partial charge in [0.1, 0.15) is 11.4 Å². The lowest BCUT2D eigenvalue weighted by Gasteiger charge is -2.34. The van der Waals surface area contributed by atoms with Crippen molar-refractivity contribution < 1.29 is 9.59 Å². The Balaban J connectivity index is 1.59. The summed E-state index contributed by atoms with van der Waals surface area (Å²) in [5.74, 6) is 0.168. The van der Waals surface area contributed by atoms with Gasteiger partial charge in [-0.1, -0.05) is 39.0 Å². The number of aromatic nitrogens is 2. The van der Waals surface area contributed by atoms with Crippen molar-refractivity contribution in [3.05, 3.63) is 57.8 Å². The van der Waals surface area contributed by atoms with E-state index in [4.69, 9.17) is 0 Å². The van der Waals surface area contributed by atoms with E-state index >= 15 is 0 Å². The fraction of sp³-hybridized carbons (Fsp3) is 0.455. The summed E-state index contributed by atoms with van der Waals surface area (Å²) in [6, 6.07) is 9.31. The van der Waals surface area contributed by atoms with Gasteiger partial charge in [-0.2, -0.15) is 0 Å². The van der Waals surface area contributed by atoms with Crippen LogP contribution in [0.5, 0.6) is 0 Å². The molecule has 1 aromatic carbocycles. The molecule has 0 unspecified atom stereocenters. The first-order chi connectivity index (χ1) is 14.1. The van der Waals surface area contributed by atoms with Gasteiger partial charge in [0.25, 0.3) is 11.5 Å². The molecule has 0 bridgehead atoms. The SMILES string of the molecule is Cc1nc(C(C)(C)C)[nH]c(=O)c1C(=O)N1CCN(CC(=O)Nc2ccccc2)CC1. The topological polar surface area (TPSA) is 98.4 Å². The molecule has 1 aliphatic heterocycles. The molecule has 1 fully saturated rings. The Morgan fingerprint density at radius 1 is 1.10 bits per heavy atom. The zero-order valence-electron chi connectivity index (χ0n) is 18.0. The highest BCUT2D eigenvalue weighted by Crippen LogP contribution is 2.18. The number of rotatable bonds is 4. The van der Waals surface area contributed by atoms with Crippen molar-refractivity contribution in [1.29, 1.82) is 0 Å². The number of para-hydroxylation sites is 1. The van der Waals surface area contributed by atoms with Crippen LogP contribution in [0.3, 0.4) is 0 Å². The minimum Gasteiger partial charge on any atom is -0.336 e. The number of carbonyl (C=O) groups is 2. The Kier molecular flexibility index (Phi) is 6.36. The second-order valence-electron chi connectivity index (χ2n) is 8.61. The van der Waals surface area contributed by atoms with Crippen LogP contribution in [0.4, 0.5) is 5.69 Å². The molecule has 1 aromatic heterocycles. The monoisotopic (exact) mass is 411 g/mol. The van der Waals surface area contributed by atoms with E-state index in [2.05, 4.69) is 15.3 Å². The number of H-pyrrole nitrogens is 1. The van der Waals surface area contributed by atoms with Crippen LogP contribution in [-0.2, 0) is 10.2 Å². The van der Waals surface area contributed by atoms with E-state index in [0.717, 1.165) is 5.69 Å². The molecule has 2 amide bonds. The zero-order valence-corrected chi connectivity index (χ0v) is 18.0. The summed E-state index contributed by atoms with van der Waals surface area (Å²) in [5.41, 5.74) is 0.591. The van der Waals surface area contributed by atoms with Crippen LogP contribution in [0.25, 0.3) is 0 Å². The summed E-state index contributed by atoms with van der Waals surface area (Å²) in [4.78, 5) is 48.6. The van der Waals surface area contributed by atoms with Gasteiger partial charge in [0.2, 0.25) is 5.91 Å². The molecule has 0 atom stereocenters. The van der Waals surface area contributed by atoms with Crippen molar-refractivity contribution in [2.45, 2.75) is 33.1 Å². The molecule has 2 N–H and O–H groups in total. The second-order valence-corrected chi connectivity index (χ2v) is 8.61. The number of anilines is 1. The summed E-state index contributed by atoms with van der Waals surface area (Å²) in [6.07, 6.45) is 0. The van der Waals surface area contributed by atoms with E-state index in [-0.39, 0.29) is 29.3 Å². The number of hydrogen-bond acceptors (Lipinski definition) is 5. The number of aryl methyl sites for hydroxylation is 1. The maximum absolute atomic E-state index is 12.9. The van der Waals surface area contributed by atoms with Gasteiger partial charge in [-0.3, -0.25) is 19.3 Å². The van der Waals surface area contributed by atoms with E-state index in [0.29, 0.717) is 37.7 Å². The number of nitrogens with one attached hydrogen (secondary N) is 2. The Morgan fingerprint density at radius 2 is 1.73 bits per heavy atom. The minimum absolute atomic E-state index is 0.0877. The van der Waals surface area contributed by atoms with Crippen molar-refractivity contribution in [3.63, 3.8) is 0 Å². The van der Waals surface area contributed by atoms with Crippen LogP contribution in [0.15, 0.2) is 35.1 Å². The summed E-state index contributed by atoms with van der Waals surface area (Å²) in [5, 5.41) is 2.87. The summed E-state index contributed by atoms with van der Waals surface area (Å²) < 4.78 is 0. The number of aromatic amines is 1. The van der Waals surface area contributed by atoms with Crippen LogP contribution in [0.2, 0.25) is 0 Å². The third kappa shape index (κ3) is 5.13. The zero-order chi connectivity index (χ0) is 21.9. The maximum atomic E-state index is 12.9. The molecule has 1 saturated heterocycles. The maximum Gasteiger partial charge on any atom is 0.264 e. The van der Waals surface area contributed by atoms with Gasteiger partial charge < -0.3 is 15.2 Å². The van der Waals surface area contributed by atoms with Gasteiger partial charge >= 0.3 is 0 Å². The molecular formula is C22H29N5O3. The van der Waals surface area contributed by atoms with Crippen molar-refractivity contribution in [2.24, 2.45) is 0 Å². The van der Waals surface area contributed by atoms with E-state index in [9.17, 15) is 14.4 Å². The molecule has 160 valence electrons. The Labute approximate surface area is 176 Å². The average Bonchev–Trinajstić information content (AvgIpc) is 2.68. The van der Waals surface area contributed by atoms with E-state index in [1.54, 1.807) is 11.8 Å². The normalized spacial score (nSPS) is 15.1. The molecule has 0 radical (unpaired) electrons. The number of amides is 2. The highest BCUT2D eigenvalue weighted by Gasteiger charge is 2.28. The van der Waals surface area contributed by atoms with Crippen molar-refractivity contribution >= 4 is 17.5 Å². The molecule has 2 heterocycles. The van der Waals surface area contributed by atoms with Gasteiger partial charge in [0.15, 0.2) is 0 Å². The molecule has 30 heavy (non-hydrogen) atoms. The van der Waals surface area contributed by atoms with Crippen LogP contribution in [-0.4, -0.2) is 64.3 Å². The predicted octanol–water partition coefficient (Wildman–Crippen LogP) is 1.77. The smallest absolute Gasteiger partial charge is 0.264 e. The lowest BCUT2D eigenvalue weighted by molar-refractivity contribution is -0.117. The minimum atomic E-state index is -0.401. The first kappa shape index (κ1) is 21.7. The Hall–Kier alpha value is -3.00. The van der Waals surface area contributed by atoms with Crippen LogP contribution >= 0.6 is 0 Å². The van der Waals surface area contributed by atoms with Crippen molar-refractivity contribution in [1.82, 2.24) is 19.8 Å². The Morgan fingerprint density at radius 3 is 2.30 bits per heavy atom. The lowest BCUT2D eigenvalue weighted by atomic mass is 9.95. The third-order valence-electron chi connectivity index (χ3n) is 5.11. The van der Waals surface area contributed by atoms with Gasteiger partial charge in [-0.25, -0.2) is 4.98 Å². The average molecular weight is 412 g/mol. The quantitative estimate of drug-likeness (QED) is 0.799. The van der Waals surface area contributed by atoms with Crippen LogP contribution < -0.4 is 10.9 Å². The highest BCUT2D eigenvalue weighted by molar-refractivity contribution is 5.95. The number of piperazine rings is 1.